The van der Waals surface area contributed by atoms with Gasteiger partial charge in [0.1, 0.15) is 11.5 Å². The number of rotatable bonds is 6. The number of nitrogens with one attached hydrogen (secondary N) is 2. The largest absolute Gasteiger partial charge is 0.466 e. The summed E-state index contributed by atoms with van der Waals surface area (Å²) in [5.41, 5.74) is 5.35. The molecule has 1 aromatic carbocycles. The van der Waals surface area contributed by atoms with Gasteiger partial charge in [0.2, 0.25) is 5.91 Å². The lowest BCUT2D eigenvalue weighted by molar-refractivity contribution is -0.120. The van der Waals surface area contributed by atoms with E-state index >= 15 is 0 Å². The van der Waals surface area contributed by atoms with Crippen molar-refractivity contribution in [2.24, 2.45) is 5.10 Å². The Morgan fingerprint density at radius 1 is 1.23 bits per heavy atom. The number of carbonyl (C=O) groups is 1. The fraction of sp³-hybridized carbons (Fsp3) is 0.333. The number of nitrogens with zero attached hydrogens (tertiary/aromatic N) is 1. The van der Waals surface area contributed by atoms with Gasteiger partial charge in [-0.1, -0.05) is 32.0 Å². The zero-order valence-corrected chi connectivity index (χ0v) is 15.7. The lowest BCUT2D eigenvalue weighted by Gasteiger charge is -2.21. The van der Waals surface area contributed by atoms with E-state index < -0.39 is 0 Å². The summed E-state index contributed by atoms with van der Waals surface area (Å²) in [5, 5.41) is 5.33. The number of H-pyrrole nitrogens is 1. The third-order valence-corrected chi connectivity index (χ3v) is 4.50. The van der Waals surface area contributed by atoms with E-state index in [1.807, 2.05) is 56.4 Å². The average molecular weight is 351 g/mol. The molecule has 0 aliphatic rings. The molecule has 0 bridgehead atoms. The van der Waals surface area contributed by atoms with Gasteiger partial charge in [0.25, 0.3) is 0 Å². The second-order valence-electron chi connectivity index (χ2n) is 7.39. The lowest BCUT2D eigenvalue weighted by atomic mass is 9.85. The standard InChI is InChI=1S/C21H25N3O2/c1-14(12-21(3,4)19-10-9-15(2)26-19)23-24-20(25)11-16-13-22-18-8-6-5-7-17(16)18/h5-10,13,22H,11-12H2,1-4H3,(H,24,25)/b23-14+. The Bertz CT molecular complexity index is 947. The number of carbonyl (C=O) groups excluding carboxylic acids is 1. The molecule has 0 saturated carbocycles. The van der Waals surface area contributed by atoms with Crippen LogP contribution in [0, 0.1) is 6.92 Å². The molecule has 2 heterocycles. The maximum atomic E-state index is 12.2. The van der Waals surface area contributed by atoms with Gasteiger partial charge in [-0.15, -0.1) is 0 Å². The van der Waals surface area contributed by atoms with Crippen LogP contribution in [0.1, 0.15) is 44.3 Å². The molecule has 0 radical (unpaired) electrons. The summed E-state index contributed by atoms with van der Waals surface area (Å²) in [6, 6.07) is 11.9. The number of aromatic amines is 1. The van der Waals surface area contributed by atoms with Crippen molar-refractivity contribution in [1.82, 2.24) is 10.4 Å². The number of amides is 1. The lowest BCUT2D eigenvalue weighted by Crippen LogP contribution is -2.24. The maximum absolute atomic E-state index is 12.2. The molecular formula is C21H25N3O2. The summed E-state index contributed by atoms with van der Waals surface area (Å²) in [6.07, 6.45) is 2.87. The van der Waals surface area contributed by atoms with Gasteiger partial charge in [0.15, 0.2) is 0 Å². The Balaban J connectivity index is 1.60. The number of hydrazone groups is 1. The first kappa shape index (κ1) is 18.0. The number of hydrogen-bond donors (Lipinski definition) is 2. The number of aryl methyl sites for hydroxylation is 1. The second kappa shape index (κ2) is 7.20. The highest BCUT2D eigenvalue weighted by molar-refractivity contribution is 5.90. The van der Waals surface area contributed by atoms with Gasteiger partial charge in [0.05, 0.1) is 6.42 Å². The Hall–Kier alpha value is -2.82. The first-order valence-corrected chi connectivity index (χ1v) is 8.79. The SMILES string of the molecule is C/C(CC(C)(C)c1ccc(C)o1)=N\NC(=O)Cc1c[nH]c2ccccc12. The molecule has 0 saturated heterocycles. The first-order chi connectivity index (χ1) is 12.3. The molecule has 2 N–H and O–H groups in total. The molecule has 2 aromatic heterocycles. The van der Waals surface area contributed by atoms with Gasteiger partial charge < -0.3 is 9.40 Å². The Morgan fingerprint density at radius 2 is 2.00 bits per heavy atom. The van der Waals surface area contributed by atoms with Gasteiger partial charge in [-0.05, 0) is 44.0 Å². The highest BCUT2D eigenvalue weighted by Gasteiger charge is 2.25. The van der Waals surface area contributed by atoms with Crippen molar-refractivity contribution in [1.29, 1.82) is 0 Å². The van der Waals surface area contributed by atoms with Crippen LogP contribution in [0.3, 0.4) is 0 Å². The zero-order chi connectivity index (χ0) is 18.7. The molecule has 3 aromatic rings. The predicted octanol–water partition coefficient (Wildman–Crippen LogP) is 4.47. The molecule has 136 valence electrons. The quantitative estimate of drug-likeness (QED) is 0.508. The molecular weight excluding hydrogens is 326 g/mol. The normalized spacial score (nSPS) is 12.5. The summed E-state index contributed by atoms with van der Waals surface area (Å²) in [5.74, 6) is 1.70. The van der Waals surface area contributed by atoms with Crippen molar-refractivity contribution in [2.75, 3.05) is 0 Å². The van der Waals surface area contributed by atoms with Crippen molar-refractivity contribution < 1.29 is 9.21 Å². The number of hydrogen-bond acceptors (Lipinski definition) is 3. The first-order valence-electron chi connectivity index (χ1n) is 8.79. The number of benzene rings is 1. The molecule has 0 atom stereocenters. The number of aromatic nitrogens is 1. The average Bonchev–Trinajstić information content (AvgIpc) is 3.20. The minimum atomic E-state index is -0.177. The molecule has 5 nitrogen and oxygen atoms in total. The third kappa shape index (κ3) is 4.04. The topological polar surface area (TPSA) is 70.4 Å². The van der Waals surface area contributed by atoms with Gasteiger partial charge in [0, 0.05) is 28.2 Å². The van der Waals surface area contributed by atoms with Crippen LogP contribution >= 0.6 is 0 Å². The van der Waals surface area contributed by atoms with Gasteiger partial charge >= 0.3 is 0 Å². The van der Waals surface area contributed by atoms with Crippen LogP contribution in [-0.2, 0) is 16.6 Å². The summed E-state index contributed by atoms with van der Waals surface area (Å²) in [6.45, 7) is 8.07. The van der Waals surface area contributed by atoms with Crippen molar-refractivity contribution in [3.63, 3.8) is 0 Å². The van der Waals surface area contributed by atoms with E-state index in [9.17, 15) is 4.79 Å². The molecule has 0 aliphatic carbocycles. The van der Waals surface area contributed by atoms with Gasteiger partial charge in [-0.25, -0.2) is 5.43 Å². The number of fused-ring (bicyclic) bond motifs is 1. The van der Waals surface area contributed by atoms with Crippen LogP contribution < -0.4 is 5.43 Å². The van der Waals surface area contributed by atoms with Crippen LogP contribution in [0.5, 0.6) is 0 Å². The molecule has 0 fully saturated rings. The molecule has 26 heavy (non-hydrogen) atoms. The van der Waals surface area contributed by atoms with E-state index in [0.717, 1.165) is 33.7 Å². The smallest absolute Gasteiger partial charge is 0.244 e. The Morgan fingerprint density at radius 3 is 2.73 bits per heavy atom. The van der Waals surface area contributed by atoms with Crippen molar-refractivity contribution in [3.8, 4) is 0 Å². The second-order valence-corrected chi connectivity index (χ2v) is 7.39. The van der Waals surface area contributed by atoms with Gasteiger partial charge in [-0.3, -0.25) is 4.79 Å². The fourth-order valence-corrected chi connectivity index (χ4v) is 3.21. The monoisotopic (exact) mass is 351 g/mol. The molecule has 5 heteroatoms. The van der Waals surface area contributed by atoms with E-state index in [4.69, 9.17) is 4.42 Å². The zero-order valence-electron chi connectivity index (χ0n) is 15.7. The fourth-order valence-electron chi connectivity index (χ4n) is 3.21. The summed E-state index contributed by atoms with van der Waals surface area (Å²) >= 11 is 0. The highest BCUT2D eigenvalue weighted by Crippen LogP contribution is 2.29. The molecule has 1 amide bonds. The number of para-hydroxylation sites is 1. The van der Waals surface area contributed by atoms with Crippen LogP contribution in [0.25, 0.3) is 10.9 Å². The number of furan rings is 1. The van der Waals surface area contributed by atoms with Crippen molar-refractivity contribution >= 4 is 22.5 Å². The predicted molar refractivity (Wildman–Crippen MR) is 104 cm³/mol. The molecule has 0 aliphatic heterocycles. The Kier molecular flexibility index (Phi) is 4.98. The minimum Gasteiger partial charge on any atom is -0.466 e. The summed E-state index contributed by atoms with van der Waals surface area (Å²) in [7, 11) is 0. The molecule has 3 rings (SSSR count). The van der Waals surface area contributed by atoms with E-state index in [2.05, 4.69) is 29.4 Å². The minimum absolute atomic E-state index is 0.124. The van der Waals surface area contributed by atoms with Crippen LogP contribution in [-0.4, -0.2) is 16.6 Å². The van der Waals surface area contributed by atoms with E-state index in [1.165, 1.54) is 0 Å². The van der Waals surface area contributed by atoms with Crippen molar-refractivity contribution in [2.45, 2.75) is 46.0 Å². The summed E-state index contributed by atoms with van der Waals surface area (Å²) in [4.78, 5) is 15.4. The van der Waals surface area contributed by atoms with E-state index in [1.54, 1.807) is 0 Å². The van der Waals surface area contributed by atoms with E-state index in [0.29, 0.717) is 12.8 Å². The highest BCUT2D eigenvalue weighted by atomic mass is 16.3. The van der Waals surface area contributed by atoms with Crippen LogP contribution in [0.4, 0.5) is 0 Å². The van der Waals surface area contributed by atoms with Crippen LogP contribution in [0.15, 0.2) is 52.1 Å². The third-order valence-electron chi connectivity index (χ3n) is 4.50. The molecule has 0 spiro atoms. The molecule has 0 unspecified atom stereocenters. The maximum Gasteiger partial charge on any atom is 0.244 e. The van der Waals surface area contributed by atoms with Crippen LogP contribution in [0.2, 0.25) is 0 Å². The summed E-state index contributed by atoms with van der Waals surface area (Å²) < 4.78 is 5.74. The van der Waals surface area contributed by atoms with E-state index in [-0.39, 0.29) is 11.3 Å². The van der Waals surface area contributed by atoms with Crippen molar-refractivity contribution in [3.05, 3.63) is 59.7 Å². The van der Waals surface area contributed by atoms with Gasteiger partial charge in [-0.2, -0.15) is 5.10 Å². The Labute approximate surface area is 153 Å².